The van der Waals surface area contributed by atoms with E-state index in [9.17, 15) is 9.59 Å². The van der Waals surface area contributed by atoms with Crippen LogP contribution in [0, 0.1) is 6.92 Å². The van der Waals surface area contributed by atoms with E-state index >= 15 is 0 Å². The first-order valence-corrected chi connectivity index (χ1v) is 6.81. The molecule has 0 aliphatic carbocycles. The average molecular weight is 345 g/mol. The Bertz CT molecular complexity index is 496. The van der Waals surface area contributed by atoms with E-state index in [1.807, 2.05) is 6.92 Å². The highest BCUT2D eigenvalue weighted by molar-refractivity contribution is 9.10. The Morgan fingerprint density at radius 3 is 2.80 bits per heavy atom. The molecule has 0 spiro atoms. The molecule has 0 radical (unpaired) electrons. The van der Waals surface area contributed by atoms with Gasteiger partial charge >= 0.3 is 6.09 Å². The summed E-state index contributed by atoms with van der Waals surface area (Å²) in [5.74, 6) is 0.0852. The first-order chi connectivity index (χ1) is 9.43. The lowest BCUT2D eigenvalue weighted by Gasteiger charge is -2.14. The van der Waals surface area contributed by atoms with Gasteiger partial charge < -0.3 is 9.64 Å². The molecule has 7 nitrogen and oxygen atoms in total. The van der Waals surface area contributed by atoms with Crippen LogP contribution in [0.2, 0.25) is 0 Å². The largest absolute Gasteiger partial charge is 0.453 e. The van der Waals surface area contributed by atoms with Gasteiger partial charge in [-0.2, -0.15) is 0 Å². The molecule has 8 heteroatoms. The van der Waals surface area contributed by atoms with Gasteiger partial charge in [-0.15, -0.1) is 0 Å². The van der Waals surface area contributed by atoms with Crippen molar-refractivity contribution in [1.29, 1.82) is 0 Å². The van der Waals surface area contributed by atoms with Crippen molar-refractivity contribution in [3.05, 3.63) is 16.4 Å². The van der Waals surface area contributed by atoms with Crippen LogP contribution in [0.5, 0.6) is 0 Å². The van der Waals surface area contributed by atoms with Crippen molar-refractivity contribution in [2.75, 3.05) is 26.0 Å². The SMILES string of the molecule is COC(=O)N(C)CCCC(=O)Nc1ncc(Br)c(C)n1. The number of hydrogen-bond acceptors (Lipinski definition) is 5. The minimum absolute atomic E-state index is 0.190. The van der Waals surface area contributed by atoms with Crippen molar-refractivity contribution in [2.45, 2.75) is 19.8 Å². The second kappa shape index (κ2) is 7.78. The Balaban J connectivity index is 2.37. The molecule has 0 atom stereocenters. The summed E-state index contributed by atoms with van der Waals surface area (Å²) in [7, 11) is 2.93. The minimum atomic E-state index is -0.419. The Labute approximate surface area is 125 Å². The predicted molar refractivity (Wildman–Crippen MR) is 77.4 cm³/mol. The summed E-state index contributed by atoms with van der Waals surface area (Å²) in [6.07, 6.45) is 1.98. The highest BCUT2D eigenvalue weighted by Crippen LogP contribution is 2.13. The number of carbonyl (C=O) groups is 2. The van der Waals surface area contributed by atoms with E-state index < -0.39 is 6.09 Å². The van der Waals surface area contributed by atoms with Crippen LogP contribution in [0.15, 0.2) is 10.7 Å². The van der Waals surface area contributed by atoms with E-state index in [2.05, 4.69) is 36.0 Å². The zero-order valence-corrected chi connectivity index (χ0v) is 13.2. The summed E-state index contributed by atoms with van der Waals surface area (Å²) in [4.78, 5) is 32.3. The van der Waals surface area contributed by atoms with Crippen molar-refractivity contribution in [3.63, 3.8) is 0 Å². The fraction of sp³-hybridized carbons (Fsp3) is 0.500. The van der Waals surface area contributed by atoms with Crippen LogP contribution in [0.3, 0.4) is 0 Å². The highest BCUT2D eigenvalue weighted by atomic mass is 79.9. The number of hydrogen-bond donors (Lipinski definition) is 1. The van der Waals surface area contributed by atoms with Crippen molar-refractivity contribution in [2.24, 2.45) is 0 Å². The smallest absolute Gasteiger partial charge is 0.409 e. The first-order valence-electron chi connectivity index (χ1n) is 6.02. The van der Waals surface area contributed by atoms with Crippen LogP contribution < -0.4 is 5.32 Å². The molecular weight excluding hydrogens is 328 g/mol. The van der Waals surface area contributed by atoms with Crippen molar-refractivity contribution in [3.8, 4) is 0 Å². The van der Waals surface area contributed by atoms with E-state index in [1.54, 1.807) is 13.2 Å². The molecule has 0 saturated heterocycles. The number of nitrogens with zero attached hydrogens (tertiary/aromatic N) is 3. The van der Waals surface area contributed by atoms with E-state index in [-0.39, 0.29) is 18.3 Å². The normalized spacial score (nSPS) is 10.0. The Morgan fingerprint density at radius 1 is 1.50 bits per heavy atom. The van der Waals surface area contributed by atoms with Gasteiger partial charge in [0.1, 0.15) is 0 Å². The maximum Gasteiger partial charge on any atom is 0.409 e. The number of methoxy groups -OCH3 is 1. The van der Waals surface area contributed by atoms with Crippen LogP contribution in [0.1, 0.15) is 18.5 Å². The molecule has 0 aromatic carbocycles. The third kappa shape index (κ3) is 5.12. The van der Waals surface area contributed by atoms with Crippen molar-refractivity contribution >= 4 is 33.9 Å². The number of nitrogens with one attached hydrogen (secondary N) is 1. The molecule has 1 rings (SSSR count). The Morgan fingerprint density at radius 2 is 2.20 bits per heavy atom. The van der Waals surface area contributed by atoms with Crippen LogP contribution in [0.4, 0.5) is 10.7 Å². The number of anilines is 1. The third-order valence-corrected chi connectivity index (χ3v) is 3.33. The fourth-order valence-electron chi connectivity index (χ4n) is 1.42. The molecule has 2 amide bonds. The third-order valence-electron chi connectivity index (χ3n) is 2.55. The zero-order chi connectivity index (χ0) is 15.1. The van der Waals surface area contributed by atoms with Gasteiger partial charge in [-0.25, -0.2) is 14.8 Å². The average Bonchev–Trinajstić information content (AvgIpc) is 2.41. The fourth-order valence-corrected chi connectivity index (χ4v) is 1.61. The summed E-state index contributed by atoms with van der Waals surface area (Å²) in [5.41, 5.74) is 0.751. The quantitative estimate of drug-likeness (QED) is 0.882. The van der Waals surface area contributed by atoms with Gasteiger partial charge in [0, 0.05) is 26.2 Å². The van der Waals surface area contributed by atoms with E-state index in [0.29, 0.717) is 13.0 Å². The number of carbonyl (C=O) groups excluding carboxylic acids is 2. The van der Waals surface area contributed by atoms with Crippen LogP contribution in [-0.2, 0) is 9.53 Å². The number of aryl methyl sites for hydroxylation is 1. The summed E-state index contributed by atoms with van der Waals surface area (Å²) in [6.45, 7) is 2.26. The molecule has 0 fully saturated rings. The second-order valence-electron chi connectivity index (χ2n) is 4.17. The minimum Gasteiger partial charge on any atom is -0.453 e. The molecule has 1 aromatic rings. The summed E-state index contributed by atoms with van der Waals surface area (Å²) < 4.78 is 5.34. The van der Waals surface area contributed by atoms with E-state index in [0.717, 1.165) is 10.2 Å². The summed E-state index contributed by atoms with van der Waals surface area (Å²) in [6, 6.07) is 0. The van der Waals surface area contributed by atoms with E-state index in [4.69, 9.17) is 0 Å². The molecule has 1 N–H and O–H groups in total. The van der Waals surface area contributed by atoms with Crippen molar-refractivity contribution in [1.82, 2.24) is 14.9 Å². The molecule has 20 heavy (non-hydrogen) atoms. The van der Waals surface area contributed by atoms with Crippen LogP contribution >= 0.6 is 15.9 Å². The first kappa shape index (κ1) is 16.4. The molecule has 0 aliphatic heterocycles. The maximum atomic E-state index is 11.7. The van der Waals surface area contributed by atoms with Gasteiger partial charge in [0.25, 0.3) is 0 Å². The zero-order valence-electron chi connectivity index (χ0n) is 11.6. The molecule has 1 heterocycles. The standard InChI is InChI=1S/C12H17BrN4O3/c1-8-9(13)7-14-11(15-8)16-10(18)5-4-6-17(2)12(19)20-3/h7H,4-6H2,1-3H3,(H,14,15,16,18). The van der Waals surface area contributed by atoms with Gasteiger partial charge in [0.2, 0.25) is 11.9 Å². The number of ether oxygens (including phenoxy) is 1. The molecular formula is C12H17BrN4O3. The van der Waals surface area contributed by atoms with Crippen molar-refractivity contribution < 1.29 is 14.3 Å². The molecule has 0 unspecified atom stereocenters. The van der Waals surface area contributed by atoms with Gasteiger partial charge in [-0.1, -0.05) is 0 Å². The summed E-state index contributed by atoms with van der Waals surface area (Å²) >= 11 is 3.29. The van der Waals surface area contributed by atoms with Gasteiger partial charge in [0.05, 0.1) is 17.3 Å². The number of rotatable bonds is 5. The molecule has 0 saturated carbocycles. The highest BCUT2D eigenvalue weighted by Gasteiger charge is 2.10. The number of halogens is 1. The lowest BCUT2D eigenvalue weighted by Crippen LogP contribution is -2.28. The lowest BCUT2D eigenvalue weighted by atomic mass is 10.3. The molecule has 1 aromatic heterocycles. The topological polar surface area (TPSA) is 84.4 Å². The second-order valence-corrected chi connectivity index (χ2v) is 5.02. The molecule has 110 valence electrons. The lowest BCUT2D eigenvalue weighted by molar-refractivity contribution is -0.116. The Kier molecular flexibility index (Phi) is 6.37. The summed E-state index contributed by atoms with van der Waals surface area (Å²) in [5, 5.41) is 2.61. The van der Waals surface area contributed by atoms with Crippen LogP contribution in [-0.4, -0.2) is 47.6 Å². The Hall–Kier alpha value is -1.70. The van der Waals surface area contributed by atoms with Gasteiger partial charge in [-0.3, -0.25) is 10.1 Å². The van der Waals surface area contributed by atoms with Gasteiger partial charge in [-0.05, 0) is 29.3 Å². The number of amides is 2. The molecule has 0 bridgehead atoms. The van der Waals surface area contributed by atoms with E-state index in [1.165, 1.54) is 12.0 Å². The van der Waals surface area contributed by atoms with Gasteiger partial charge in [0.15, 0.2) is 0 Å². The number of aromatic nitrogens is 2. The maximum absolute atomic E-state index is 11.7. The van der Waals surface area contributed by atoms with Crippen LogP contribution in [0.25, 0.3) is 0 Å². The monoisotopic (exact) mass is 344 g/mol. The molecule has 0 aliphatic rings. The predicted octanol–water partition coefficient (Wildman–Crippen LogP) is 1.96.